The molecule has 1 unspecified atom stereocenters. The molecule has 2 aromatic rings. The lowest BCUT2D eigenvalue weighted by atomic mass is 10.1. The maximum Gasteiger partial charge on any atom is 0.166 e. The first-order chi connectivity index (χ1) is 16.7. The second-order valence-electron chi connectivity index (χ2n) is 9.49. The molecule has 2 aromatic carbocycles. The third-order valence-corrected chi connectivity index (χ3v) is 8.81. The molecule has 2 heterocycles. The van der Waals surface area contributed by atoms with Crippen LogP contribution in [0.3, 0.4) is 0 Å². The summed E-state index contributed by atoms with van der Waals surface area (Å²) in [5.41, 5.74) is 8.67. The van der Waals surface area contributed by atoms with E-state index in [1.54, 1.807) is 23.5 Å². The molecule has 0 radical (unpaired) electrons. The molecule has 3 N–H and O–H groups in total. The van der Waals surface area contributed by atoms with Crippen LogP contribution in [0.4, 0.5) is 11.4 Å². The smallest absolute Gasteiger partial charge is 0.166 e. The van der Waals surface area contributed by atoms with E-state index in [9.17, 15) is 0 Å². The Hall–Kier alpha value is -1.50. The standard InChI is InChI=1S/C28H40N4S2/c1-3-5-7-9-11-13-19-30-28-32-22-16-17-23-25-21(15-18-24(34-28)26(22)25)31-27(33-23)20(29)14-12-10-8-6-4-2/h15-18,20H,3-14,19,29H2,1-2H3,(H,30,32). The van der Waals surface area contributed by atoms with Gasteiger partial charge in [0.15, 0.2) is 5.17 Å². The Labute approximate surface area is 214 Å². The third kappa shape index (κ3) is 6.38. The number of hydrogen-bond acceptors (Lipinski definition) is 6. The van der Waals surface area contributed by atoms with Crippen molar-refractivity contribution < 1.29 is 0 Å². The molecule has 0 saturated carbocycles. The van der Waals surface area contributed by atoms with Crippen LogP contribution in [0.25, 0.3) is 10.8 Å². The minimum atomic E-state index is 0.0206. The first-order valence-corrected chi connectivity index (χ1v) is 15.0. The number of aliphatic imine (C=N–C) groups is 2. The summed E-state index contributed by atoms with van der Waals surface area (Å²) in [7, 11) is 0. The van der Waals surface area contributed by atoms with E-state index < -0.39 is 0 Å². The topological polar surface area (TPSA) is 62.8 Å². The van der Waals surface area contributed by atoms with Crippen LogP contribution in [0.1, 0.15) is 90.9 Å². The van der Waals surface area contributed by atoms with Crippen LogP contribution >= 0.6 is 23.5 Å². The average molecular weight is 497 g/mol. The van der Waals surface area contributed by atoms with E-state index in [-0.39, 0.29) is 6.04 Å². The zero-order valence-electron chi connectivity index (χ0n) is 20.9. The van der Waals surface area contributed by atoms with E-state index in [1.165, 1.54) is 91.2 Å². The lowest BCUT2D eigenvalue weighted by molar-refractivity contribution is 0.594. The van der Waals surface area contributed by atoms with Crippen LogP contribution in [0.2, 0.25) is 0 Å². The molecule has 2 aliphatic rings. The van der Waals surface area contributed by atoms with Crippen molar-refractivity contribution in [2.75, 3.05) is 6.54 Å². The number of nitrogens with one attached hydrogen (secondary N) is 1. The Morgan fingerprint density at radius 3 is 2.03 bits per heavy atom. The second kappa shape index (κ2) is 13.0. The number of thioether (sulfide) groups is 2. The van der Waals surface area contributed by atoms with Crippen LogP contribution in [-0.4, -0.2) is 22.8 Å². The van der Waals surface area contributed by atoms with Crippen LogP contribution in [-0.2, 0) is 0 Å². The SMILES string of the molecule is CCCCCCCCNC1=Nc2ccc3c4c(ccc(c24)S1)N=C(C(N)CCCCCCC)S3. The van der Waals surface area contributed by atoms with Gasteiger partial charge >= 0.3 is 0 Å². The molecular weight excluding hydrogens is 456 g/mol. The summed E-state index contributed by atoms with van der Waals surface area (Å²) in [4.78, 5) is 12.5. The number of unbranched alkanes of at least 4 members (excludes halogenated alkanes) is 9. The number of nitrogens with two attached hydrogens (primary N) is 1. The molecule has 0 bridgehead atoms. The Balaban J connectivity index is 1.41. The van der Waals surface area contributed by atoms with Gasteiger partial charge < -0.3 is 11.1 Å². The normalized spacial score (nSPS) is 15.3. The highest BCUT2D eigenvalue weighted by atomic mass is 32.2. The zero-order valence-corrected chi connectivity index (χ0v) is 22.5. The van der Waals surface area contributed by atoms with E-state index in [2.05, 4.69) is 43.4 Å². The van der Waals surface area contributed by atoms with Crippen molar-refractivity contribution in [3.8, 4) is 0 Å². The predicted molar refractivity (Wildman–Crippen MR) is 153 cm³/mol. The quantitative estimate of drug-likeness (QED) is 0.257. The summed E-state index contributed by atoms with van der Waals surface area (Å²) < 4.78 is 0. The van der Waals surface area contributed by atoms with Crippen molar-refractivity contribution in [2.45, 2.75) is 107 Å². The van der Waals surface area contributed by atoms with E-state index in [4.69, 9.17) is 15.7 Å². The number of benzene rings is 2. The van der Waals surface area contributed by atoms with Crippen molar-refractivity contribution >= 4 is 55.9 Å². The maximum absolute atomic E-state index is 6.57. The molecule has 0 aromatic heterocycles. The van der Waals surface area contributed by atoms with Gasteiger partial charge in [-0.15, -0.1) is 0 Å². The van der Waals surface area contributed by atoms with Crippen LogP contribution < -0.4 is 11.1 Å². The molecule has 0 spiro atoms. The van der Waals surface area contributed by atoms with Gasteiger partial charge in [0.25, 0.3) is 0 Å². The van der Waals surface area contributed by atoms with E-state index in [1.807, 2.05) is 0 Å². The van der Waals surface area contributed by atoms with E-state index in [0.717, 1.165) is 34.6 Å². The third-order valence-electron chi connectivity index (χ3n) is 6.66. The summed E-state index contributed by atoms with van der Waals surface area (Å²) >= 11 is 3.51. The molecule has 0 saturated heterocycles. The molecule has 34 heavy (non-hydrogen) atoms. The maximum atomic E-state index is 6.57. The highest BCUT2D eigenvalue weighted by Gasteiger charge is 2.25. The van der Waals surface area contributed by atoms with Gasteiger partial charge in [-0.05, 0) is 37.1 Å². The molecule has 4 nitrogen and oxygen atoms in total. The molecule has 184 valence electrons. The summed E-state index contributed by atoms with van der Waals surface area (Å²) in [6.45, 7) is 5.51. The predicted octanol–water partition coefficient (Wildman–Crippen LogP) is 8.71. The Bertz CT molecular complexity index is 1030. The second-order valence-corrected chi connectivity index (χ2v) is 11.6. The minimum Gasteiger partial charge on any atom is -0.364 e. The molecule has 2 aliphatic heterocycles. The van der Waals surface area contributed by atoms with Crippen molar-refractivity contribution in [1.82, 2.24) is 5.32 Å². The van der Waals surface area contributed by atoms with Gasteiger partial charge in [0.2, 0.25) is 0 Å². The Morgan fingerprint density at radius 1 is 0.735 bits per heavy atom. The molecular formula is C28H40N4S2. The van der Waals surface area contributed by atoms with Gasteiger partial charge in [0.1, 0.15) is 0 Å². The number of amidine groups is 1. The minimum absolute atomic E-state index is 0.0206. The van der Waals surface area contributed by atoms with Gasteiger partial charge in [-0.2, -0.15) is 0 Å². The fourth-order valence-electron chi connectivity index (χ4n) is 4.67. The van der Waals surface area contributed by atoms with Crippen LogP contribution in [0.15, 0.2) is 44.0 Å². The zero-order chi connectivity index (χ0) is 23.8. The summed E-state index contributed by atoms with van der Waals surface area (Å²) in [5.74, 6) is 0. The molecule has 0 amide bonds. The highest BCUT2D eigenvalue weighted by molar-refractivity contribution is 8.14. The average Bonchev–Trinajstić information content (AvgIpc) is 2.86. The Kier molecular flexibility index (Phi) is 9.77. The first-order valence-electron chi connectivity index (χ1n) is 13.3. The van der Waals surface area contributed by atoms with E-state index >= 15 is 0 Å². The molecule has 4 rings (SSSR count). The highest BCUT2D eigenvalue weighted by Crippen LogP contribution is 2.49. The van der Waals surface area contributed by atoms with Gasteiger partial charge in [0, 0.05) is 27.1 Å². The lowest BCUT2D eigenvalue weighted by Crippen LogP contribution is -2.28. The lowest BCUT2D eigenvalue weighted by Gasteiger charge is -2.24. The van der Waals surface area contributed by atoms with Crippen LogP contribution in [0.5, 0.6) is 0 Å². The number of rotatable bonds is 14. The number of nitrogens with zero attached hydrogens (tertiary/aromatic N) is 2. The van der Waals surface area contributed by atoms with E-state index in [0.29, 0.717) is 0 Å². The van der Waals surface area contributed by atoms with Crippen molar-refractivity contribution in [1.29, 1.82) is 0 Å². The summed E-state index contributed by atoms with van der Waals surface area (Å²) in [5, 5.41) is 8.13. The van der Waals surface area contributed by atoms with Gasteiger partial charge in [-0.3, -0.25) is 0 Å². The first kappa shape index (κ1) is 25.6. The van der Waals surface area contributed by atoms with Gasteiger partial charge in [-0.1, -0.05) is 102 Å². The molecule has 1 atom stereocenters. The van der Waals surface area contributed by atoms with Crippen LogP contribution in [0, 0.1) is 0 Å². The van der Waals surface area contributed by atoms with Crippen molar-refractivity contribution in [3.63, 3.8) is 0 Å². The molecule has 0 fully saturated rings. The molecule has 0 aliphatic carbocycles. The van der Waals surface area contributed by atoms with Crippen molar-refractivity contribution in [2.24, 2.45) is 15.7 Å². The summed E-state index contributed by atoms with van der Waals surface area (Å²) in [6, 6.07) is 8.78. The fourth-order valence-corrected chi connectivity index (χ4v) is 6.73. The largest absolute Gasteiger partial charge is 0.364 e. The molecule has 6 heteroatoms. The Morgan fingerprint density at radius 2 is 1.32 bits per heavy atom. The van der Waals surface area contributed by atoms with Gasteiger partial charge in [0.05, 0.1) is 22.5 Å². The number of hydrogen-bond donors (Lipinski definition) is 2. The summed E-state index contributed by atoms with van der Waals surface area (Å²) in [6.07, 6.45) is 15.2. The van der Waals surface area contributed by atoms with Crippen molar-refractivity contribution in [3.05, 3.63) is 24.3 Å². The fraction of sp³-hybridized carbons (Fsp3) is 0.571. The monoisotopic (exact) mass is 496 g/mol. The van der Waals surface area contributed by atoms with Gasteiger partial charge in [-0.25, -0.2) is 9.98 Å².